The number of imidazole rings is 1. The third-order valence-corrected chi connectivity index (χ3v) is 5.69. The zero-order valence-electron chi connectivity index (χ0n) is 14.8. The number of likely N-dealkylation sites (tertiary alicyclic amines) is 1. The van der Waals surface area contributed by atoms with Gasteiger partial charge in [-0.25, -0.2) is 4.98 Å². The van der Waals surface area contributed by atoms with E-state index in [-0.39, 0.29) is 5.91 Å². The normalized spacial score (nSPS) is 15.5. The highest BCUT2D eigenvalue weighted by Crippen LogP contribution is 2.28. The molecule has 0 bridgehead atoms. The number of rotatable bonds is 3. The Morgan fingerprint density at radius 1 is 1.19 bits per heavy atom. The van der Waals surface area contributed by atoms with E-state index in [1.54, 1.807) is 0 Å². The van der Waals surface area contributed by atoms with Crippen LogP contribution in [0.4, 0.5) is 0 Å². The first-order chi connectivity index (χ1) is 12.6. The minimum atomic E-state index is 0.214. The second kappa shape index (κ2) is 7.23. The first-order valence-corrected chi connectivity index (χ1v) is 9.86. The summed E-state index contributed by atoms with van der Waals surface area (Å²) in [4.78, 5) is 22.8. The number of benzene rings is 2. The van der Waals surface area contributed by atoms with Gasteiger partial charge in [0.25, 0.3) is 0 Å². The quantitative estimate of drug-likeness (QED) is 0.685. The van der Waals surface area contributed by atoms with Crippen LogP contribution in [0.3, 0.4) is 0 Å². The second-order valence-corrected chi connectivity index (χ2v) is 8.02. The number of carbonyl (C=O) groups is 1. The van der Waals surface area contributed by atoms with Gasteiger partial charge in [0, 0.05) is 23.5 Å². The zero-order chi connectivity index (χ0) is 18.1. The zero-order valence-corrected chi connectivity index (χ0v) is 16.4. The molecule has 0 atom stereocenters. The maximum Gasteiger partial charge on any atom is 0.226 e. The number of nitrogens with one attached hydrogen (secondary N) is 1. The van der Waals surface area contributed by atoms with Crippen LogP contribution in [0.5, 0.6) is 0 Å². The lowest BCUT2D eigenvalue weighted by atomic mass is 9.95. The standard InChI is InChI=1S/C21H22BrN3O/c1-14-2-7-18-19(12-14)24-21(23-18)16-8-10-25(11-9-16)20(26)13-15-3-5-17(22)6-4-15/h2-7,12,16H,8-11,13H2,1H3,(H,23,24). The van der Waals surface area contributed by atoms with E-state index in [1.807, 2.05) is 29.2 Å². The van der Waals surface area contributed by atoms with Crippen molar-refractivity contribution < 1.29 is 4.79 Å². The summed E-state index contributed by atoms with van der Waals surface area (Å²) in [5, 5.41) is 0. The van der Waals surface area contributed by atoms with Crippen LogP contribution in [-0.2, 0) is 11.2 Å². The largest absolute Gasteiger partial charge is 0.342 e. The Morgan fingerprint density at radius 3 is 2.65 bits per heavy atom. The summed E-state index contributed by atoms with van der Waals surface area (Å²) in [6.45, 7) is 3.70. The molecule has 1 aliphatic rings. The van der Waals surface area contributed by atoms with Gasteiger partial charge in [0.1, 0.15) is 5.82 Å². The predicted molar refractivity (Wildman–Crippen MR) is 107 cm³/mol. The van der Waals surface area contributed by atoms with Crippen molar-refractivity contribution in [1.82, 2.24) is 14.9 Å². The molecule has 5 heteroatoms. The average molecular weight is 412 g/mol. The third kappa shape index (κ3) is 3.68. The number of aromatic amines is 1. The smallest absolute Gasteiger partial charge is 0.226 e. The molecule has 0 radical (unpaired) electrons. The Balaban J connectivity index is 1.38. The number of amides is 1. The molecule has 0 saturated carbocycles. The van der Waals surface area contributed by atoms with Crippen LogP contribution in [0.25, 0.3) is 11.0 Å². The number of piperidine rings is 1. The van der Waals surface area contributed by atoms with Crippen molar-refractivity contribution in [2.75, 3.05) is 13.1 Å². The Bertz CT molecular complexity index is 924. The van der Waals surface area contributed by atoms with Crippen molar-refractivity contribution in [2.45, 2.75) is 32.1 Å². The van der Waals surface area contributed by atoms with Gasteiger partial charge in [-0.15, -0.1) is 0 Å². The van der Waals surface area contributed by atoms with Crippen molar-refractivity contribution in [3.8, 4) is 0 Å². The van der Waals surface area contributed by atoms with Crippen LogP contribution >= 0.6 is 15.9 Å². The molecule has 26 heavy (non-hydrogen) atoms. The number of halogens is 1. The molecule has 4 nitrogen and oxygen atoms in total. The molecule has 2 heterocycles. The fourth-order valence-corrected chi connectivity index (χ4v) is 3.89. The van der Waals surface area contributed by atoms with E-state index in [0.717, 1.165) is 52.8 Å². The van der Waals surface area contributed by atoms with Gasteiger partial charge >= 0.3 is 0 Å². The average Bonchev–Trinajstić information content (AvgIpc) is 3.07. The van der Waals surface area contributed by atoms with Crippen LogP contribution < -0.4 is 0 Å². The van der Waals surface area contributed by atoms with Crippen LogP contribution in [0.2, 0.25) is 0 Å². The van der Waals surface area contributed by atoms with Crippen molar-refractivity contribution in [1.29, 1.82) is 0 Å². The fraction of sp³-hybridized carbons (Fsp3) is 0.333. The van der Waals surface area contributed by atoms with E-state index >= 15 is 0 Å². The van der Waals surface area contributed by atoms with Crippen molar-refractivity contribution >= 4 is 32.9 Å². The number of aryl methyl sites for hydroxylation is 1. The lowest BCUT2D eigenvalue weighted by Crippen LogP contribution is -2.39. The summed E-state index contributed by atoms with van der Waals surface area (Å²) in [6, 6.07) is 14.3. The van der Waals surface area contributed by atoms with E-state index in [4.69, 9.17) is 4.98 Å². The van der Waals surface area contributed by atoms with Gasteiger partial charge in [0.15, 0.2) is 0 Å². The van der Waals surface area contributed by atoms with Crippen LogP contribution in [0, 0.1) is 6.92 Å². The van der Waals surface area contributed by atoms with Gasteiger partial charge in [-0.05, 0) is 55.2 Å². The number of hydrogen-bond acceptors (Lipinski definition) is 2. The van der Waals surface area contributed by atoms with Gasteiger partial charge in [-0.2, -0.15) is 0 Å². The highest BCUT2D eigenvalue weighted by Gasteiger charge is 2.25. The molecule has 0 unspecified atom stereocenters. The Hall–Kier alpha value is -2.14. The maximum atomic E-state index is 12.6. The van der Waals surface area contributed by atoms with Gasteiger partial charge in [0.2, 0.25) is 5.91 Å². The van der Waals surface area contributed by atoms with E-state index in [9.17, 15) is 4.79 Å². The minimum absolute atomic E-state index is 0.214. The lowest BCUT2D eigenvalue weighted by molar-refractivity contribution is -0.131. The molecule has 3 aromatic rings. The molecular formula is C21H22BrN3O. The lowest BCUT2D eigenvalue weighted by Gasteiger charge is -2.31. The first kappa shape index (κ1) is 17.3. The second-order valence-electron chi connectivity index (χ2n) is 7.10. The molecule has 134 valence electrons. The van der Waals surface area contributed by atoms with Crippen molar-refractivity contribution in [3.05, 3.63) is 63.9 Å². The molecule has 1 amide bonds. The number of hydrogen-bond donors (Lipinski definition) is 1. The molecule has 1 aliphatic heterocycles. The topological polar surface area (TPSA) is 49.0 Å². The van der Waals surface area contributed by atoms with Crippen LogP contribution in [-0.4, -0.2) is 33.9 Å². The molecule has 1 N–H and O–H groups in total. The molecule has 1 saturated heterocycles. The number of carbonyl (C=O) groups excluding carboxylic acids is 1. The van der Waals surface area contributed by atoms with Gasteiger partial charge < -0.3 is 9.88 Å². The Labute approximate surface area is 161 Å². The maximum absolute atomic E-state index is 12.6. The summed E-state index contributed by atoms with van der Waals surface area (Å²) in [5.74, 6) is 1.68. The molecular weight excluding hydrogens is 390 g/mol. The van der Waals surface area contributed by atoms with Gasteiger partial charge in [0.05, 0.1) is 17.5 Å². The predicted octanol–water partition coefficient (Wildman–Crippen LogP) is 4.58. The Morgan fingerprint density at radius 2 is 1.92 bits per heavy atom. The molecule has 2 aromatic carbocycles. The summed E-state index contributed by atoms with van der Waals surface area (Å²) in [7, 11) is 0. The molecule has 0 aliphatic carbocycles. The van der Waals surface area contributed by atoms with Crippen LogP contribution in [0.1, 0.15) is 35.7 Å². The van der Waals surface area contributed by atoms with E-state index in [0.29, 0.717) is 12.3 Å². The molecule has 4 rings (SSSR count). The third-order valence-electron chi connectivity index (χ3n) is 5.16. The van der Waals surface area contributed by atoms with Gasteiger partial charge in [-0.1, -0.05) is 34.1 Å². The monoisotopic (exact) mass is 411 g/mol. The molecule has 0 spiro atoms. The van der Waals surface area contributed by atoms with Gasteiger partial charge in [-0.3, -0.25) is 4.79 Å². The highest BCUT2D eigenvalue weighted by atomic mass is 79.9. The SMILES string of the molecule is Cc1ccc2nc(C3CCN(C(=O)Cc4ccc(Br)cc4)CC3)[nH]c2c1. The first-order valence-electron chi connectivity index (χ1n) is 9.07. The van der Waals surface area contributed by atoms with E-state index in [1.165, 1.54) is 5.56 Å². The fourth-order valence-electron chi connectivity index (χ4n) is 3.63. The van der Waals surface area contributed by atoms with Crippen molar-refractivity contribution in [3.63, 3.8) is 0 Å². The summed E-state index contributed by atoms with van der Waals surface area (Å²) in [5.41, 5.74) is 4.43. The number of nitrogens with zero attached hydrogens (tertiary/aromatic N) is 2. The minimum Gasteiger partial charge on any atom is -0.342 e. The number of fused-ring (bicyclic) bond motifs is 1. The highest BCUT2D eigenvalue weighted by molar-refractivity contribution is 9.10. The number of aromatic nitrogens is 2. The van der Waals surface area contributed by atoms with Crippen molar-refractivity contribution in [2.24, 2.45) is 0 Å². The van der Waals surface area contributed by atoms with E-state index < -0.39 is 0 Å². The molecule has 1 aromatic heterocycles. The Kier molecular flexibility index (Phi) is 4.81. The number of H-pyrrole nitrogens is 1. The van der Waals surface area contributed by atoms with E-state index in [2.05, 4.69) is 46.0 Å². The summed E-state index contributed by atoms with van der Waals surface area (Å²) < 4.78 is 1.04. The summed E-state index contributed by atoms with van der Waals surface area (Å²) >= 11 is 3.43. The van der Waals surface area contributed by atoms with Crippen LogP contribution in [0.15, 0.2) is 46.9 Å². The molecule has 1 fully saturated rings. The summed E-state index contributed by atoms with van der Waals surface area (Å²) in [6.07, 6.45) is 2.40.